The Kier molecular flexibility index (Phi) is 5.98. The molecule has 0 saturated heterocycles. The van der Waals surface area contributed by atoms with Gasteiger partial charge in [-0.05, 0) is 47.9 Å². The second kappa shape index (κ2) is 8.86. The monoisotopic (exact) mass is 452 g/mol. The van der Waals surface area contributed by atoms with Crippen LogP contribution in [0.15, 0.2) is 53.5 Å². The van der Waals surface area contributed by atoms with E-state index in [9.17, 15) is 19.8 Å². The number of aromatic carboxylic acids is 1. The Hall–Kier alpha value is -3.62. The first-order valence-corrected chi connectivity index (χ1v) is 10.4. The van der Waals surface area contributed by atoms with Crippen molar-refractivity contribution in [1.82, 2.24) is 15.0 Å². The van der Waals surface area contributed by atoms with E-state index in [1.807, 2.05) is 6.92 Å². The number of aryl methyl sites for hydroxylation is 1. The molecule has 1 unspecified atom stereocenters. The minimum Gasteiger partial charge on any atom is -0.478 e. The highest BCUT2D eigenvalue weighted by Gasteiger charge is 2.18. The summed E-state index contributed by atoms with van der Waals surface area (Å²) in [6, 6.07) is 11.7. The van der Waals surface area contributed by atoms with Crippen LogP contribution in [0, 0.1) is 0 Å². The summed E-state index contributed by atoms with van der Waals surface area (Å²) in [5.74, 6) is -0.730. The fourth-order valence-electron chi connectivity index (χ4n) is 3.60. The number of aliphatic hydroxyl groups is 1. The summed E-state index contributed by atoms with van der Waals surface area (Å²) in [7, 11) is 0. The molecule has 2 aromatic heterocycles. The minimum absolute atomic E-state index is 0.139. The van der Waals surface area contributed by atoms with Gasteiger partial charge in [-0.1, -0.05) is 30.7 Å². The lowest BCUT2D eigenvalue weighted by Gasteiger charge is -2.15. The van der Waals surface area contributed by atoms with E-state index in [2.05, 4.69) is 20.3 Å². The Bertz CT molecular complexity index is 1360. The van der Waals surface area contributed by atoms with Crippen molar-refractivity contribution >= 4 is 34.3 Å². The first kappa shape index (κ1) is 21.6. The number of rotatable bonds is 7. The lowest BCUT2D eigenvalue weighted by Crippen LogP contribution is -2.17. The number of carboxylic acids is 1. The molecule has 164 valence electrons. The van der Waals surface area contributed by atoms with Crippen LogP contribution >= 0.6 is 11.6 Å². The number of aliphatic hydroxyl groups excluding tert-OH is 1. The number of H-pyrrole nitrogens is 2. The zero-order valence-electron chi connectivity index (χ0n) is 17.1. The summed E-state index contributed by atoms with van der Waals surface area (Å²) >= 11 is 6.00. The first-order chi connectivity index (χ1) is 15.4. The molecule has 5 N–H and O–H groups in total. The Morgan fingerprint density at radius 3 is 2.78 bits per heavy atom. The Balaban J connectivity index is 1.71. The maximum Gasteiger partial charge on any atom is 0.335 e. The average molecular weight is 453 g/mol. The van der Waals surface area contributed by atoms with Crippen LogP contribution in [-0.4, -0.2) is 37.7 Å². The zero-order valence-corrected chi connectivity index (χ0v) is 17.9. The van der Waals surface area contributed by atoms with Gasteiger partial charge in [-0.3, -0.25) is 4.79 Å². The Morgan fingerprint density at radius 1 is 1.25 bits per heavy atom. The second-order valence-electron chi connectivity index (χ2n) is 7.32. The molecule has 0 amide bonds. The highest BCUT2D eigenvalue weighted by atomic mass is 35.5. The molecule has 0 fully saturated rings. The van der Waals surface area contributed by atoms with E-state index in [1.54, 1.807) is 36.4 Å². The van der Waals surface area contributed by atoms with E-state index in [0.29, 0.717) is 39.6 Å². The Morgan fingerprint density at radius 2 is 2.06 bits per heavy atom. The van der Waals surface area contributed by atoms with Gasteiger partial charge >= 0.3 is 5.97 Å². The molecule has 9 heteroatoms. The Labute approximate surface area is 187 Å². The third kappa shape index (κ3) is 4.23. The number of carboxylic acid groups (broad SMARTS) is 1. The molecule has 8 nitrogen and oxygen atoms in total. The predicted molar refractivity (Wildman–Crippen MR) is 123 cm³/mol. The fourth-order valence-corrected chi connectivity index (χ4v) is 3.80. The smallest absolute Gasteiger partial charge is 0.335 e. The molecule has 0 spiro atoms. The highest BCUT2D eigenvalue weighted by Crippen LogP contribution is 2.28. The van der Waals surface area contributed by atoms with Crippen molar-refractivity contribution in [2.45, 2.75) is 19.4 Å². The van der Waals surface area contributed by atoms with Gasteiger partial charge in [-0.15, -0.1) is 0 Å². The quantitative estimate of drug-likeness (QED) is 0.288. The van der Waals surface area contributed by atoms with E-state index in [1.165, 1.54) is 12.3 Å². The molecule has 0 bridgehead atoms. The van der Waals surface area contributed by atoms with Crippen LogP contribution in [0.5, 0.6) is 0 Å². The summed E-state index contributed by atoms with van der Waals surface area (Å²) in [6.45, 7) is 2.05. The van der Waals surface area contributed by atoms with E-state index in [0.717, 1.165) is 5.56 Å². The lowest BCUT2D eigenvalue weighted by atomic mass is 10.1. The van der Waals surface area contributed by atoms with Gasteiger partial charge < -0.3 is 25.5 Å². The molecule has 0 aliphatic carbocycles. The number of anilines is 1. The molecule has 0 aliphatic heterocycles. The number of pyridine rings is 1. The van der Waals surface area contributed by atoms with Gasteiger partial charge in [0.05, 0.1) is 28.4 Å². The van der Waals surface area contributed by atoms with Crippen molar-refractivity contribution in [2.24, 2.45) is 0 Å². The van der Waals surface area contributed by atoms with Crippen LogP contribution in [0.2, 0.25) is 5.02 Å². The SMILES string of the molecule is CCc1cc(C(=O)O)cc2[nH]c(-c3c(NCC(O)c4cccc(Cl)c4)cc[nH]c3=O)nc12. The van der Waals surface area contributed by atoms with E-state index in [4.69, 9.17) is 11.6 Å². The van der Waals surface area contributed by atoms with Crippen LogP contribution < -0.4 is 10.9 Å². The van der Waals surface area contributed by atoms with Crippen molar-refractivity contribution in [2.75, 3.05) is 11.9 Å². The van der Waals surface area contributed by atoms with Gasteiger partial charge in [0.25, 0.3) is 5.56 Å². The topological polar surface area (TPSA) is 131 Å². The summed E-state index contributed by atoms with van der Waals surface area (Å²) in [5, 5.41) is 23.5. The standard InChI is InChI=1S/C23H21ClN4O4/c1-2-12-8-14(23(31)32)10-17-20(12)28-21(27-17)19-16(6-7-25-22(19)30)26-11-18(29)13-4-3-5-15(24)9-13/h3-10,18,29H,2,11H2,1H3,(H,27,28)(H,31,32)(H2,25,26,30). The number of benzene rings is 2. The zero-order chi connectivity index (χ0) is 22.8. The number of aromatic amines is 2. The van der Waals surface area contributed by atoms with Crippen LogP contribution in [-0.2, 0) is 6.42 Å². The van der Waals surface area contributed by atoms with E-state index >= 15 is 0 Å². The average Bonchev–Trinajstić information content (AvgIpc) is 3.20. The second-order valence-corrected chi connectivity index (χ2v) is 7.76. The molecular formula is C23H21ClN4O4. The van der Waals surface area contributed by atoms with Crippen molar-refractivity contribution in [1.29, 1.82) is 0 Å². The lowest BCUT2D eigenvalue weighted by molar-refractivity contribution is 0.0697. The van der Waals surface area contributed by atoms with E-state index in [-0.39, 0.29) is 23.2 Å². The summed E-state index contributed by atoms with van der Waals surface area (Å²) in [6.07, 6.45) is 1.24. The summed E-state index contributed by atoms with van der Waals surface area (Å²) in [4.78, 5) is 34.4. The number of carbonyl (C=O) groups is 1. The molecule has 1 atom stereocenters. The van der Waals surface area contributed by atoms with Gasteiger partial charge in [-0.2, -0.15) is 0 Å². The number of hydrogen-bond donors (Lipinski definition) is 5. The number of aromatic nitrogens is 3. The number of nitrogens with zero attached hydrogens (tertiary/aromatic N) is 1. The van der Waals surface area contributed by atoms with Gasteiger partial charge in [-0.25, -0.2) is 9.78 Å². The van der Waals surface area contributed by atoms with Gasteiger partial charge in [0.15, 0.2) is 0 Å². The van der Waals surface area contributed by atoms with E-state index < -0.39 is 12.1 Å². The maximum atomic E-state index is 12.7. The molecule has 4 rings (SSSR count). The molecule has 32 heavy (non-hydrogen) atoms. The van der Waals surface area contributed by atoms with Crippen molar-refractivity contribution in [3.63, 3.8) is 0 Å². The third-order valence-corrected chi connectivity index (χ3v) is 5.45. The van der Waals surface area contributed by atoms with Gasteiger partial charge in [0, 0.05) is 17.8 Å². The van der Waals surface area contributed by atoms with Crippen molar-refractivity contribution < 1.29 is 15.0 Å². The number of fused-ring (bicyclic) bond motifs is 1. The molecule has 0 aliphatic rings. The number of hydrogen-bond acceptors (Lipinski definition) is 5. The molecule has 0 saturated carbocycles. The summed E-state index contributed by atoms with van der Waals surface area (Å²) < 4.78 is 0. The molecule has 2 heterocycles. The fraction of sp³-hybridized carbons (Fsp3) is 0.174. The molecular weight excluding hydrogens is 432 g/mol. The first-order valence-electron chi connectivity index (χ1n) is 10.0. The number of nitrogens with one attached hydrogen (secondary N) is 3. The van der Waals surface area contributed by atoms with Gasteiger partial charge in [0.2, 0.25) is 0 Å². The molecule has 2 aromatic carbocycles. The van der Waals surface area contributed by atoms with Crippen LogP contribution in [0.4, 0.5) is 5.69 Å². The predicted octanol–water partition coefficient (Wildman–Crippen LogP) is 3.98. The molecule has 0 radical (unpaired) electrons. The van der Waals surface area contributed by atoms with Crippen LogP contribution in [0.25, 0.3) is 22.4 Å². The third-order valence-electron chi connectivity index (χ3n) is 5.21. The minimum atomic E-state index is -1.03. The largest absolute Gasteiger partial charge is 0.478 e. The van der Waals surface area contributed by atoms with Crippen LogP contribution in [0.1, 0.15) is 34.5 Å². The highest BCUT2D eigenvalue weighted by molar-refractivity contribution is 6.30. The molecule has 4 aromatic rings. The van der Waals surface area contributed by atoms with Crippen LogP contribution in [0.3, 0.4) is 0 Å². The van der Waals surface area contributed by atoms with Crippen molar-refractivity contribution in [3.05, 3.63) is 80.7 Å². The normalized spacial score (nSPS) is 12.1. The van der Waals surface area contributed by atoms with Gasteiger partial charge in [0.1, 0.15) is 11.4 Å². The number of imidazole rings is 1. The summed E-state index contributed by atoms with van der Waals surface area (Å²) in [5.41, 5.74) is 3.07. The number of halogens is 1. The van der Waals surface area contributed by atoms with Crippen molar-refractivity contribution in [3.8, 4) is 11.4 Å². The maximum absolute atomic E-state index is 12.7.